The highest BCUT2D eigenvalue weighted by Gasteiger charge is 2.40. The number of rotatable bonds is 4. The average molecular weight is 291 g/mol. The SMILES string of the molecule is C/C(=C\c1ccccc1)[C@@H]1CC(=O)N1[C@@H](C)c1ccccc1. The van der Waals surface area contributed by atoms with Crippen LogP contribution in [0.2, 0.25) is 0 Å². The maximum absolute atomic E-state index is 12.1. The van der Waals surface area contributed by atoms with Gasteiger partial charge in [-0.05, 0) is 30.5 Å². The monoisotopic (exact) mass is 291 g/mol. The van der Waals surface area contributed by atoms with Gasteiger partial charge in [0.1, 0.15) is 0 Å². The van der Waals surface area contributed by atoms with Gasteiger partial charge in [0.25, 0.3) is 0 Å². The van der Waals surface area contributed by atoms with Crippen LogP contribution in [0.4, 0.5) is 0 Å². The van der Waals surface area contributed by atoms with Crippen LogP contribution in [0.15, 0.2) is 66.2 Å². The predicted molar refractivity (Wildman–Crippen MR) is 90.2 cm³/mol. The van der Waals surface area contributed by atoms with Crippen LogP contribution in [0.5, 0.6) is 0 Å². The standard InChI is InChI=1S/C20H21NO/c1-15(13-17-9-5-3-6-10-17)19-14-20(22)21(19)16(2)18-11-7-4-8-12-18/h3-13,16,19H,14H2,1-2H3/b15-13+/t16-,19-/m0/s1. The Hall–Kier alpha value is -2.35. The highest BCUT2D eigenvalue weighted by Crippen LogP contribution is 2.35. The van der Waals surface area contributed by atoms with Gasteiger partial charge in [0.2, 0.25) is 5.91 Å². The van der Waals surface area contributed by atoms with Gasteiger partial charge in [-0.3, -0.25) is 4.79 Å². The molecular weight excluding hydrogens is 270 g/mol. The van der Waals surface area contributed by atoms with Gasteiger partial charge in [-0.2, -0.15) is 0 Å². The van der Waals surface area contributed by atoms with E-state index < -0.39 is 0 Å². The molecule has 0 unspecified atom stereocenters. The van der Waals surface area contributed by atoms with Crippen molar-refractivity contribution in [1.29, 1.82) is 0 Å². The number of carbonyl (C=O) groups is 1. The zero-order valence-electron chi connectivity index (χ0n) is 13.1. The molecule has 1 saturated heterocycles. The lowest BCUT2D eigenvalue weighted by Gasteiger charge is -2.45. The lowest BCUT2D eigenvalue weighted by atomic mass is 9.89. The quantitative estimate of drug-likeness (QED) is 0.762. The topological polar surface area (TPSA) is 20.3 Å². The average Bonchev–Trinajstić information content (AvgIpc) is 2.54. The van der Waals surface area contributed by atoms with Gasteiger partial charge in [0.15, 0.2) is 0 Å². The molecule has 0 N–H and O–H groups in total. The Balaban J connectivity index is 1.80. The molecule has 2 heteroatoms. The summed E-state index contributed by atoms with van der Waals surface area (Å²) in [4.78, 5) is 14.1. The van der Waals surface area contributed by atoms with E-state index in [0.29, 0.717) is 6.42 Å². The van der Waals surface area contributed by atoms with E-state index in [1.807, 2.05) is 41.3 Å². The van der Waals surface area contributed by atoms with Gasteiger partial charge >= 0.3 is 0 Å². The molecule has 1 heterocycles. The zero-order chi connectivity index (χ0) is 15.5. The Morgan fingerprint density at radius 3 is 2.27 bits per heavy atom. The first-order valence-corrected chi connectivity index (χ1v) is 7.76. The van der Waals surface area contributed by atoms with E-state index >= 15 is 0 Å². The van der Waals surface area contributed by atoms with E-state index in [2.05, 4.69) is 44.2 Å². The summed E-state index contributed by atoms with van der Waals surface area (Å²) in [5.41, 5.74) is 3.62. The van der Waals surface area contributed by atoms with Crippen LogP contribution in [0, 0.1) is 0 Å². The van der Waals surface area contributed by atoms with Crippen molar-refractivity contribution < 1.29 is 4.79 Å². The van der Waals surface area contributed by atoms with Crippen molar-refractivity contribution in [2.45, 2.75) is 32.4 Å². The second kappa shape index (κ2) is 6.18. The van der Waals surface area contributed by atoms with Crippen LogP contribution in [0.25, 0.3) is 6.08 Å². The molecule has 22 heavy (non-hydrogen) atoms. The molecule has 1 amide bonds. The normalized spacial score (nSPS) is 19.7. The van der Waals surface area contributed by atoms with Gasteiger partial charge < -0.3 is 4.90 Å². The summed E-state index contributed by atoms with van der Waals surface area (Å²) >= 11 is 0. The van der Waals surface area contributed by atoms with Crippen molar-refractivity contribution >= 4 is 12.0 Å². The molecular formula is C20H21NO. The Labute approximate surface area is 132 Å². The number of benzene rings is 2. The van der Waals surface area contributed by atoms with Crippen molar-refractivity contribution in [1.82, 2.24) is 4.90 Å². The molecule has 2 aromatic carbocycles. The third-order valence-electron chi connectivity index (χ3n) is 4.41. The summed E-state index contributed by atoms with van der Waals surface area (Å²) < 4.78 is 0. The Kier molecular flexibility index (Phi) is 4.10. The first kappa shape index (κ1) is 14.6. The molecule has 0 aromatic heterocycles. The van der Waals surface area contributed by atoms with E-state index in [1.165, 1.54) is 16.7 Å². The molecule has 112 valence electrons. The van der Waals surface area contributed by atoms with Crippen LogP contribution < -0.4 is 0 Å². The number of likely N-dealkylation sites (tertiary alicyclic amines) is 1. The minimum Gasteiger partial charge on any atom is -0.329 e. The fourth-order valence-electron chi connectivity index (χ4n) is 3.10. The Bertz CT molecular complexity index is 675. The molecule has 1 aliphatic rings. The third kappa shape index (κ3) is 2.82. The fourth-order valence-corrected chi connectivity index (χ4v) is 3.10. The number of carbonyl (C=O) groups excluding carboxylic acids is 1. The molecule has 0 bridgehead atoms. The van der Waals surface area contributed by atoms with Gasteiger partial charge in [0, 0.05) is 0 Å². The first-order valence-electron chi connectivity index (χ1n) is 7.76. The molecule has 3 rings (SSSR count). The summed E-state index contributed by atoms with van der Waals surface area (Å²) in [6, 6.07) is 20.8. The molecule has 2 atom stereocenters. The maximum Gasteiger partial charge on any atom is 0.226 e. The summed E-state index contributed by atoms with van der Waals surface area (Å²) in [5, 5.41) is 0. The second-order valence-corrected chi connectivity index (χ2v) is 5.91. The number of nitrogens with zero attached hydrogens (tertiary/aromatic N) is 1. The van der Waals surface area contributed by atoms with Crippen LogP contribution in [0.1, 0.15) is 37.4 Å². The van der Waals surface area contributed by atoms with Gasteiger partial charge in [-0.15, -0.1) is 0 Å². The van der Waals surface area contributed by atoms with E-state index in [9.17, 15) is 4.79 Å². The van der Waals surface area contributed by atoms with Crippen molar-refractivity contribution in [3.8, 4) is 0 Å². The van der Waals surface area contributed by atoms with Crippen LogP contribution >= 0.6 is 0 Å². The summed E-state index contributed by atoms with van der Waals surface area (Å²) in [6.45, 7) is 4.23. The lowest BCUT2D eigenvalue weighted by Crippen LogP contribution is -2.53. The van der Waals surface area contributed by atoms with Crippen molar-refractivity contribution in [3.05, 3.63) is 77.4 Å². The molecule has 2 aromatic rings. The summed E-state index contributed by atoms with van der Waals surface area (Å²) in [7, 11) is 0. The molecule has 1 aliphatic heterocycles. The summed E-state index contributed by atoms with van der Waals surface area (Å²) in [6.07, 6.45) is 2.80. The number of β-lactam (4-membered cyclic amide) rings is 1. The number of hydrogen-bond acceptors (Lipinski definition) is 1. The molecule has 0 spiro atoms. The van der Waals surface area contributed by atoms with E-state index in [0.717, 1.165) is 0 Å². The largest absolute Gasteiger partial charge is 0.329 e. The van der Waals surface area contributed by atoms with Gasteiger partial charge in [-0.1, -0.05) is 66.7 Å². The van der Waals surface area contributed by atoms with Crippen LogP contribution in [-0.4, -0.2) is 16.8 Å². The molecule has 1 fully saturated rings. The summed E-state index contributed by atoms with van der Waals surface area (Å²) in [5.74, 6) is 0.238. The van der Waals surface area contributed by atoms with Crippen molar-refractivity contribution in [2.75, 3.05) is 0 Å². The molecule has 0 saturated carbocycles. The first-order chi connectivity index (χ1) is 10.7. The smallest absolute Gasteiger partial charge is 0.226 e. The Morgan fingerprint density at radius 1 is 1.09 bits per heavy atom. The van der Waals surface area contributed by atoms with Gasteiger partial charge in [-0.25, -0.2) is 0 Å². The zero-order valence-corrected chi connectivity index (χ0v) is 13.1. The molecule has 2 nitrogen and oxygen atoms in total. The van der Waals surface area contributed by atoms with Crippen molar-refractivity contribution in [3.63, 3.8) is 0 Å². The van der Waals surface area contributed by atoms with Crippen LogP contribution in [-0.2, 0) is 4.79 Å². The van der Waals surface area contributed by atoms with Crippen molar-refractivity contribution in [2.24, 2.45) is 0 Å². The third-order valence-corrected chi connectivity index (χ3v) is 4.41. The predicted octanol–water partition coefficient (Wildman–Crippen LogP) is 4.45. The van der Waals surface area contributed by atoms with E-state index in [4.69, 9.17) is 0 Å². The highest BCUT2D eigenvalue weighted by molar-refractivity contribution is 5.85. The minimum atomic E-state index is 0.117. The maximum atomic E-state index is 12.1. The molecule has 0 radical (unpaired) electrons. The van der Waals surface area contributed by atoms with E-state index in [1.54, 1.807) is 0 Å². The molecule has 0 aliphatic carbocycles. The fraction of sp³-hybridized carbons (Fsp3) is 0.250. The van der Waals surface area contributed by atoms with Crippen LogP contribution in [0.3, 0.4) is 0 Å². The lowest BCUT2D eigenvalue weighted by molar-refractivity contribution is -0.147. The minimum absolute atomic E-state index is 0.117. The number of amides is 1. The highest BCUT2D eigenvalue weighted by atomic mass is 16.2. The Morgan fingerprint density at radius 2 is 1.68 bits per heavy atom. The second-order valence-electron chi connectivity index (χ2n) is 5.91. The number of hydrogen-bond donors (Lipinski definition) is 0. The van der Waals surface area contributed by atoms with Gasteiger partial charge in [0.05, 0.1) is 18.5 Å². The van der Waals surface area contributed by atoms with E-state index in [-0.39, 0.29) is 18.0 Å².